The van der Waals surface area contributed by atoms with Gasteiger partial charge in [0.05, 0.1) is 11.9 Å². The van der Waals surface area contributed by atoms with Crippen molar-refractivity contribution in [1.82, 2.24) is 20.0 Å². The van der Waals surface area contributed by atoms with Gasteiger partial charge in [0.1, 0.15) is 0 Å². The molecule has 1 aliphatic heterocycles. The summed E-state index contributed by atoms with van der Waals surface area (Å²) < 4.78 is 1.85. The molecule has 1 aliphatic rings. The third-order valence-corrected chi connectivity index (χ3v) is 5.14. The maximum Gasteiger partial charge on any atom is 0.222 e. The van der Waals surface area contributed by atoms with Gasteiger partial charge in [-0.05, 0) is 49.9 Å². The summed E-state index contributed by atoms with van der Waals surface area (Å²) in [6.07, 6.45) is 6.90. The summed E-state index contributed by atoms with van der Waals surface area (Å²) in [5, 5.41) is 7.84. The zero-order valence-corrected chi connectivity index (χ0v) is 16.4. The lowest BCUT2D eigenvalue weighted by Gasteiger charge is -2.29. The number of nitrogens with zero attached hydrogens (tertiary/aromatic N) is 3. The third kappa shape index (κ3) is 5.32. The van der Waals surface area contributed by atoms with Crippen molar-refractivity contribution in [3.63, 3.8) is 0 Å². The molecule has 2 aromatic rings. The summed E-state index contributed by atoms with van der Waals surface area (Å²) in [6.45, 7) is 4.96. The van der Waals surface area contributed by atoms with Gasteiger partial charge < -0.3 is 10.2 Å². The Bertz CT molecular complexity index is 682. The van der Waals surface area contributed by atoms with Crippen molar-refractivity contribution < 1.29 is 4.79 Å². The van der Waals surface area contributed by atoms with E-state index in [1.165, 1.54) is 12.8 Å². The standard InChI is InChI=1S/C20H28N4O.ClH/c1-16(18-7-6-10-21-13-18)11-20(25)23(2)14-17-12-22-24(15-17)19-8-4-3-5-9-19;/h3-5,8-9,12,15-16,18,21H,6-7,10-11,13-14H2,1-2H3;1H. The summed E-state index contributed by atoms with van der Waals surface area (Å²) in [5.41, 5.74) is 2.08. The number of para-hydroxylation sites is 1. The number of piperidine rings is 1. The average molecular weight is 377 g/mol. The highest BCUT2D eigenvalue weighted by molar-refractivity contribution is 5.85. The molecule has 0 saturated carbocycles. The number of aromatic nitrogens is 2. The first kappa shape index (κ1) is 20.5. The summed E-state index contributed by atoms with van der Waals surface area (Å²) in [6, 6.07) is 10.0. The Morgan fingerprint density at radius 3 is 2.85 bits per heavy atom. The fourth-order valence-corrected chi connectivity index (χ4v) is 3.49. The van der Waals surface area contributed by atoms with Gasteiger partial charge in [-0.25, -0.2) is 4.68 Å². The third-order valence-electron chi connectivity index (χ3n) is 5.14. The van der Waals surface area contributed by atoms with Crippen LogP contribution < -0.4 is 5.32 Å². The van der Waals surface area contributed by atoms with Gasteiger partial charge in [-0.2, -0.15) is 5.10 Å². The molecular weight excluding hydrogens is 348 g/mol. The topological polar surface area (TPSA) is 50.2 Å². The zero-order chi connectivity index (χ0) is 17.6. The fourth-order valence-electron chi connectivity index (χ4n) is 3.49. The lowest BCUT2D eigenvalue weighted by atomic mass is 9.85. The molecule has 3 rings (SSSR count). The van der Waals surface area contributed by atoms with E-state index in [0.29, 0.717) is 24.8 Å². The number of rotatable bonds is 6. The van der Waals surface area contributed by atoms with Crippen LogP contribution in [0.4, 0.5) is 0 Å². The maximum absolute atomic E-state index is 12.6. The van der Waals surface area contributed by atoms with Crippen LogP contribution >= 0.6 is 12.4 Å². The number of hydrogen-bond acceptors (Lipinski definition) is 3. The van der Waals surface area contributed by atoms with Crippen LogP contribution in [-0.2, 0) is 11.3 Å². The highest BCUT2D eigenvalue weighted by Crippen LogP contribution is 2.23. The summed E-state index contributed by atoms with van der Waals surface area (Å²) in [4.78, 5) is 14.4. The van der Waals surface area contributed by atoms with Crippen LogP contribution in [0.5, 0.6) is 0 Å². The number of carbonyl (C=O) groups is 1. The van der Waals surface area contributed by atoms with Gasteiger partial charge in [0.15, 0.2) is 0 Å². The molecule has 1 fully saturated rings. The van der Waals surface area contributed by atoms with Crippen molar-refractivity contribution in [1.29, 1.82) is 0 Å². The van der Waals surface area contributed by atoms with Crippen molar-refractivity contribution in [2.45, 2.75) is 32.7 Å². The fraction of sp³-hybridized carbons (Fsp3) is 0.500. The van der Waals surface area contributed by atoms with E-state index in [9.17, 15) is 4.79 Å². The van der Waals surface area contributed by atoms with Crippen LogP contribution in [-0.4, -0.2) is 40.7 Å². The van der Waals surface area contributed by atoms with E-state index >= 15 is 0 Å². The molecule has 1 saturated heterocycles. The normalized spacial score (nSPS) is 18.0. The molecule has 0 aliphatic carbocycles. The first-order valence-corrected chi connectivity index (χ1v) is 9.17. The van der Waals surface area contributed by atoms with Gasteiger partial charge in [0, 0.05) is 31.8 Å². The molecule has 26 heavy (non-hydrogen) atoms. The summed E-state index contributed by atoms with van der Waals surface area (Å²) >= 11 is 0. The maximum atomic E-state index is 12.6. The van der Waals surface area contributed by atoms with Crippen LogP contribution in [0.25, 0.3) is 5.69 Å². The van der Waals surface area contributed by atoms with Crippen molar-refractivity contribution in [3.05, 3.63) is 48.3 Å². The van der Waals surface area contributed by atoms with E-state index in [0.717, 1.165) is 24.3 Å². The lowest BCUT2D eigenvalue weighted by Crippen LogP contribution is -2.36. The van der Waals surface area contributed by atoms with Crippen LogP contribution in [0.3, 0.4) is 0 Å². The molecule has 0 spiro atoms. The minimum absolute atomic E-state index is 0. The number of halogens is 1. The quantitative estimate of drug-likeness (QED) is 0.841. The van der Waals surface area contributed by atoms with Crippen LogP contribution in [0.15, 0.2) is 42.7 Å². The summed E-state index contributed by atoms with van der Waals surface area (Å²) in [7, 11) is 1.88. The van der Waals surface area contributed by atoms with Gasteiger partial charge >= 0.3 is 0 Å². The Kier molecular flexibility index (Phi) is 7.66. The zero-order valence-electron chi connectivity index (χ0n) is 15.6. The molecular formula is C20H29ClN4O. The smallest absolute Gasteiger partial charge is 0.222 e. The van der Waals surface area contributed by atoms with Crippen LogP contribution in [0, 0.1) is 11.8 Å². The van der Waals surface area contributed by atoms with E-state index in [1.807, 2.05) is 59.4 Å². The Balaban J connectivity index is 0.00000243. The van der Waals surface area contributed by atoms with Gasteiger partial charge in [0.2, 0.25) is 5.91 Å². The van der Waals surface area contributed by atoms with E-state index in [-0.39, 0.29) is 18.3 Å². The predicted octanol–water partition coefficient (Wildman–Crippen LogP) is 3.28. The Hall–Kier alpha value is -1.85. The second-order valence-electron chi connectivity index (χ2n) is 7.17. The van der Waals surface area contributed by atoms with E-state index < -0.39 is 0 Å². The van der Waals surface area contributed by atoms with Crippen molar-refractivity contribution in [2.24, 2.45) is 11.8 Å². The molecule has 1 aromatic carbocycles. The molecule has 5 nitrogen and oxygen atoms in total. The largest absolute Gasteiger partial charge is 0.341 e. The monoisotopic (exact) mass is 376 g/mol. The van der Waals surface area contributed by atoms with Crippen molar-refractivity contribution in [3.8, 4) is 5.69 Å². The molecule has 142 valence electrons. The molecule has 2 unspecified atom stereocenters. The van der Waals surface area contributed by atoms with Gasteiger partial charge in [0.25, 0.3) is 0 Å². The SMILES string of the molecule is CC(CC(=O)N(C)Cc1cnn(-c2ccccc2)c1)C1CCCNC1.Cl. The van der Waals surface area contributed by atoms with E-state index in [4.69, 9.17) is 0 Å². The van der Waals surface area contributed by atoms with Crippen molar-refractivity contribution >= 4 is 18.3 Å². The number of amides is 1. The van der Waals surface area contributed by atoms with Gasteiger partial charge in [-0.15, -0.1) is 12.4 Å². The van der Waals surface area contributed by atoms with Crippen LogP contribution in [0.2, 0.25) is 0 Å². The van der Waals surface area contributed by atoms with Crippen LogP contribution in [0.1, 0.15) is 31.7 Å². The molecule has 1 N–H and O–H groups in total. The predicted molar refractivity (Wildman–Crippen MR) is 107 cm³/mol. The van der Waals surface area contributed by atoms with Gasteiger partial charge in [-0.3, -0.25) is 4.79 Å². The Morgan fingerprint density at radius 2 is 2.15 bits per heavy atom. The molecule has 2 atom stereocenters. The first-order valence-electron chi connectivity index (χ1n) is 9.17. The molecule has 1 aromatic heterocycles. The highest BCUT2D eigenvalue weighted by Gasteiger charge is 2.23. The lowest BCUT2D eigenvalue weighted by molar-refractivity contribution is -0.131. The minimum Gasteiger partial charge on any atom is -0.341 e. The average Bonchev–Trinajstić information content (AvgIpc) is 3.11. The van der Waals surface area contributed by atoms with Gasteiger partial charge in [-0.1, -0.05) is 25.1 Å². The van der Waals surface area contributed by atoms with E-state index in [2.05, 4.69) is 17.3 Å². The van der Waals surface area contributed by atoms with Crippen molar-refractivity contribution in [2.75, 3.05) is 20.1 Å². The molecule has 2 heterocycles. The number of benzene rings is 1. The number of carbonyl (C=O) groups excluding carboxylic acids is 1. The highest BCUT2D eigenvalue weighted by atomic mass is 35.5. The Morgan fingerprint density at radius 1 is 1.38 bits per heavy atom. The molecule has 0 radical (unpaired) electrons. The molecule has 0 bridgehead atoms. The first-order chi connectivity index (χ1) is 12.1. The Labute approximate surface area is 162 Å². The van der Waals surface area contributed by atoms with E-state index in [1.54, 1.807) is 0 Å². The second kappa shape index (κ2) is 9.74. The number of nitrogens with one attached hydrogen (secondary N) is 1. The summed E-state index contributed by atoms with van der Waals surface area (Å²) in [5.74, 6) is 1.26. The molecule has 1 amide bonds. The number of hydrogen-bond donors (Lipinski definition) is 1. The molecule has 6 heteroatoms. The minimum atomic E-state index is 0. The second-order valence-corrected chi connectivity index (χ2v) is 7.17.